The van der Waals surface area contributed by atoms with Gasteiger partial charge in [-0.2, -0.15) is 0 Å². The maximum absolute atomic E-state index is 9.59. The van der Waals surface area contributed by atoms with Crippen molar-refractivity contribution in [2.24, 2.45) is 0 Å². The molecule has 2 rings (SSSR count). The zero-order chi connectivity index (χ0) is 12.3. The molecule has 1 aliphatic rings. The molecule has 0 spiro atoms. The molecule has 1 aromatic heterocycles. The van der Waals surface area contributed by atoms with Gasteiger partial charge in [-0.15, -0.1) is 0 Å². The quantitative estimate of drug-likeness (QED) is 0.776. The van der Waals surface area contributed by atoms with E-state index in [2.05, 4.69) is 10.3 Å². The number of rotatable bonds is 3. The van der Waals surface area contributed by atoms with Gasteiger partial charge in [0.15, 0.2) is 0 Å². The van der Waals surface area contributed by atoms with Crippen LogP contribution in [0.1, 0.15) is 32.1 Å². The van der Waals surface area contributed by atoms with E-state index >= 15 is 0 Å². The number of pyridine rings is 1. The highest BCUT2D eigenvalue weighted by Gasteiger charge is 2.31. The molecule has 17 heavy (non-hydrogen) atoms. The normalized spacial score (nSPS) is 18.9. The van der Waals surface area contributed by atoms with Crippen molar-refractivity contribution in [3.05, 3.63) is 17.3 Å². The summed E-state index contributed by atoms with van der Waals surface area (Å²) in [6, 6.07) is 1.67. The molecule has 4 nitrogen and oxygen atoms in total. The Morgan fingerprint density at radius 2 is 2.12 bits per heavy atom. The molecule has 4 N–H and O–H groups in total. The van der Waals surface area contributed by atoms with Gasteiger partial charge in [0, 0.05) is 6.20 Å². The molecule has 1 aromatic rings. The molecule has 0 aliphatic heterocycles. The van der Waals surface area contributed by atoms with Crippen LogP contribution in [0.15, 0.2) is 12.3 Å². The van der Waals surface area contributed by atoms with Gasteiger partial charge in [-0.3, -0.25) is 0 Å². The third-order valence-electron chi connectivity index (χ3n) is 3.38. The number of hydrogen-bond acceptors (Lipinski definition) is 4. The van der Waals surface area contributed by atoms with Gasteiger partial charge in [-0.25, -0.2) is 4.98 Å². The van der Waals surface area contributed by atoms with E-state index in [4.69, 9.17) is 17.3 Å². The lowest BCUT2D eigenvalue weighted by molar-refractivity contribution is 0.172. The van der Waals surface area contributed by atoms with Crippen LogP contribution in [0.2, 0.25) is 5.02 Å². The van der Waals surface area contributed by atoms with Crippen LogP contribution in [0.3, 0.4) is 0 Å². The Morgan fingerprint density at radius 3 is 2.71 bits per heavy atom. The van der Waals surface area contributed by atoms with Gasteiger partial charge in [0.25, 0.3) is 0 Å². The number of aliphatic hydroxyl groups is 1. The van der Waals surface area contributed by atoms with E-state index in [1.54, 1.807) is 12.3 Å². The Morgan fingerprint density at radius 1 is 1.41 bits per heavy atom. The van der Waals surface area contributed by atoms with Crippen LogP contribution in [0.4, 0.5) is 11.5 Å². The number of aromatic nitrogens is 1. The van der Waals surface area contributed by atoms with E-state index in [1.165, 1.54) is 6.42 Å². The predicted molar refractivity (Wildman–Crippen MR) is 70.2 cm³/mol. The third-order valence-corrected chi connectivity index (χ3v) is 3.59. The fraction of sp³-hybridized carbons (Fsp3) is 0.583. The molecule has 94 valence electrons. The van der Waals surface area contributed by atoms with Crippen molar-refractivity contribution in [1.29, 1.82) is 0 Å². The summed E-state index contributed by atoms with van der Waals surface area (Å²) in [4.78, 5) is 4.19. The molecule has 0 amide bonds. The smallest absolute Gasteiger partial charge is 0.149 e. The maximum Gasteiger partial charge on any atom is 0.149 e. The number of halogens is 1. The molecule has 0 radical (unpaired) electrons. The Bertz CT molecular complexity index is 391. The second kappa shape index (κ2) is 5.10. The van der Waals surface area contributed by atoms with E-state index in [-0.39, 0.29) is 12.1 Å². The summed E-state index contributed by atoms with van der Waals surface area (Å²) in [5.41, 5.74) is 6.11. The fourth-order valence-electron chi connectivity index (χ4n) is 2.36. The zero-order valence-corrected chi connectivity index (χ0v) is 10.5. The van der Waals surface area contributed by atoms with E-state index in [1.807, 2.05) is 0 Å². The first-order chi connectivity index (χ1) is 8.15. The molecule has 0 atom stereocenters. The molecule has 5 heteroatoms. The average Bonchev–Trinajstić information content (AvgIpc) is 2.34. The molecule has 0 unspecified atom stereocenters. The topological polar surface area (TPSA) is 71.2 Å². The number of anilines is 2. The number of nitrogens with zero attached hydrogens (tertiary/aromatic N) is 1. The molecular weight excluding hydrogens is 238 g/mol. The Labute approximate surface area is 106 Å². The van der Waals surface area contributed by atoms with Crippen molar-refractivity contribution in [2.45, 2.75) is 37.6 Å². The van der Waals surface area contributed by atoms with Crippen molar-refractivity contribution in [3.63, 3.8) is 0 Å². The average molecular weight is 256 g/mol. The van der Waals surface area contributed by atoms with Crippen LogP contribution in [0.5, 0.6) is 0 Å². The standard InChI is InChI=1S/C12H18ClN3O/c13-9-6-10(14)11(15-7-9)16-12(8-17)4-2-1-3-5-12/h6-7,17H,1-5,8,14H2,(H,15,16). The van der Waals surface area contributed by atoms with Gasteiger partial charge < -0.3 is 16.2 Å². The minimum Gasteiger partial charge on any atom is -0.396 e. The number of nitrogens with one attached hydrogen (secondary N) is 1. The molecule has 0 aromatic carbocycles. The SMILES string of the molecule is Nc1cc(Cl)cnc1NC1(CO)CCCCC1. The highest BCUT2D eigenvalue weighted by Crippen LogP contribution is 2.32. The van der Waals surface area contributed by atoms with Crippen molar-refractivity contribution in [3.8, 4) is 0 Å². The van der Waals surface area contributed by atoms with Crippen LogP contribution in [0.25, 0.3) is 0 Å². The fourth-order valence-corrected chi connectivity index (χ4v) is 2.53. The van der Waals surface area contributed by atoms with Gasteiger partial charge in [0.2, 0.25) is 0 Å². The summed E-state index contributed by atoms with van der Waals surface area (Å²) >= 11 is 5.81. The maximum atomic E-state index is 9.59. The van der Waals surface area contributed by atoms with Crippen LogP contribution in [-0.4, -0.2) is 22.2 Å². The molecule has 1 heterocycles. The van der Waals surface area contributed by atoms with Gasteiger partial charge in [0.05, 0.1) is 22.9 Å². The molecule has 1 fully saturated rings. The van der Waals surface area contributed by atoms with Crippen LogP contribution in [-0.2, 0) is 0 Å². The second-order valence-corrected chi connectivity index (χ2v) is 5.15. The summed E-state index contributed by atoms with van der Waals surface area (Å²) in [7, 11) is 0. The van der Waals surface area contributed by atoms with E-state index in [0.717, 1.165) is 25.7 Å². The lowest BCUT2D eigenvalue weighted by Crippen LogP contribution is -2.44. The lowest BCUT2D eigenvalue weighted by atomic mass is 9.82. The Kier molecular flexibility index (Phi) is 3.74. The van der Waals surface area contributed by atoms with E-state index in [0.29, 0.717) is 16.5 Å². The number of aliphatic hydroxyl groups excluding tert-OH is 1. The minimum atomic E-state index is -0.271. The van der Waals surface area contributed by atoms with Crippen LogP contribution >= 0.6 is 11.6 Å². The molecule has 1 aliphatic carbocycles. The highest BCUT2D eigenvalue weighted by molar-refractivity contribution is 6.30. The molecular formula is C12H18ClN3O. The van der Waals surface area contributed by atoms with E-state index in [9.17, 15) is 5.11 Å². The van der Waals surface area contributed by atoms with Crippen molar-refractivity contribution < 1.29 is 5.11 Å². The summed E-state index contributed by atoms with van der Waals surface area (Å²) in [6.07, 6.45) is 6.95. The highest BCUT2D eigenvalue weighted by atomic mass is 35.5. The van der Waals surface area contributed by atoms with Gasteiger partial charge in [-0.1, -0.05) is 30.9 Å². The largest absolute Gasteiger partial charge is 0.396 e. The van der Waals surface area contributed by atoms with Gasteiger partial charge >= 0.3 is 0 Å². The predicted octanol–water partition coefficient (Wildman–Crippen LogP) is 2.42. The monoisotopic (exact) mass is 255 g/mol. The molecule has 0 bridgehead atoms. The summed E-state index contributed by atoms with van der Waals surface area (Å²) in [6.45, 7) is 0.108. The number of nitrogen functional groups attached to an aromatic ring is 1. The second-order valence-electron chi connectivity index (χ2n) is 4.72. The summed E-state index contributed by atoms with van der Waals surface area (Å²) in [5.74, 6) is 0.616. The Balaban J connectivity index is 2.17. The van der Waals surface area contributed by atoms with Gasteiger partial charge in [0.1, 0.15) is 5.82 Å². The number of hydrogen-bond donors (Lipinski definition) is 3. The third kappa shape index (κ3) is 2.82. The zero-order valence-electron chi connectivity index (χ0n) is 9.75. The van der Waals surface area contributed by atoms with E-state index < -0.39 is 0 Å². The van der Waals surface area contributed by atoms with Crippen LogP contribution in [0, 0.1) is 0 Å². The molecule has 0 saturated heterocycles. The Hall–Kier alpha value is -1.00. The molecule has 1 saturated carbocycles. The number of nitrogens with two attached hydrogens (primary N) is 1. The van der Waals surface area contributed by atoms with Gasteiger partial charge in [-0.05, 0) is 18.9 Å². The van der Waals surface area contributed by atoms with Crippen LogP contribution < -0.4 is 11.1 Å². The lowest BCUT2D eigenvalue weighted by Gasteiger charge is -2.37. The first-order valence-electron chi connectivity index (χ1n) is 5.95. The minimum absolute atomic E-state index is 0.108. The summed E-state index contributed by atoms with van der Waals surface area (Å²) < 4.78 is 0. The summed E-state index contributed by atoms with van der Waals surface area (Å²) in [5, 5.41) is 13.4. The first-order valence-corrected chi connectivity index (χ1v) is 6.33. The van der Waals surface area contributed by atoms with Crippen molar-refractivity contribution >= 4 is 23.1 Å². The first kappa shape index (κ1) is 12.5. The van der Waals surface area contributed by atoms with Crippen molar-refractivity contribution in [1.82, 2.24) is 4.98 Å². The van der Waals surface area contributed by atoms with Crippen molar-refractivity contribution in [2.75, 3.05) is 17.7 Å².